The summed E-state index contributed by atoms with van der Waals surface area (Å²) in [5.74, 6) is -1.99. The zero-order valence-electron chi connectivity index (χ0n) is 12.7. The van der Waals surface area contributed by atoms with Crippen LogP contribution in [0.2, 0.25) is 0 Å². The Bertz CT molecular complexity index is 505. The highest BCUT2D eigenvalue weighted by Crippen LogP contribution is 2.12. The minimum absolute atomic E-state index is 0. The summed E-state index contributed by atoms with van der Waals surface area (Å²) < 4.78 is 0. The zero-order chi connectivity index (χ0) is 16.1. The number of halogens is 1. The molecule has 128 valence electrons. The van der Waals surface area contributed by atoms with Crippen molar-refractivity contribution in [2.45, 2.75) is 12.8 Å². The molecule has 2 fully saturated rings. The van der Waals surface area contributed by atoms with Crippen molar-refractivity contribution in [3.05, 3.63) is 12.7 Å². The number of nitrogens with zero attached hydrogens (tertiary/aromatic N) is 2. The molecule has 2 heterocycles. The molecular weight excluding hydrogens is 324 g/mol. The van der Waals surface area contributed by atoms with Gasteiger partial charge in [-0.1, -0.05) is 6.08 Å². The van der Waals surface area contributed by atoms with Crippen molar-refractivity contribution in [1.29, 1.82) is 0 Å². The monoisotopic (exact) mass is 344 g/mol. The van der Waals surface area contributed by atoms with Crippen molar-refractivity contribution in [1.82, 2.24) is 20.4 Å². The van der Waals surface area contributed by atoms with E-state index >= 15 is 0 Å². The lowest BCUT2D eigenvalue weighted by Gasteiger charge is -2.23. The highest BCUT2D eigenvalue weighted by molar-refractivity contribution is 6.45. The summed E-state index contributed by atoms with van der Waals surface area (Å²) in [5, 5.41) is 5.95. The van der Waals surface area contributed by atoms with E-state index in [4.69, 9.17) is 0 Å². The van der Waals surface area contributed by atoms with Crippen LogP contribution in [-0.4, -0.2) is 66.3 Å². The summed E-state index contributed by atoms with van der Waals surface area (Å²) in [5.41, 5.74) is 0. The van der Waals surface area contributed by atoms with Gasteiger partial charge in [0, 0.05) is 13.1 Å². The van der Waals surface area contributed by atoms with E-state index in [0.717, 1.165) is 30.8 Å². The van der Waals surface area contributed by atoms with E-state index in [0.29, 0.717) is 17.4 Å². The molecule has 2 aliphatic rings. The number of hydrogen-bond acceptors (Lipinski definition) is 5. The Balaban J connectivity index is 0.00000264. The van der Waals surface area contributed by atoms with Crippen LogP contribution in [0.4, 0.5) is 4.79 Å². The van der Waals surface area contributed by atoms with E-state index in [2.05, 4.69) is 17.2 Å². The fourth-order valence-electron chi connectivity index (χ4n) is 2.54. The van der Waals surface area contributed by atoms with Crippen LogP contribution in [-0.2, 0) is 14.4 Å². The summed E-state index contributed by atoms with van der Waals surface area (Å²) >= 11 is 0. The average Bonchev–Trinajstić information content (AvgIpc) is 2.72. The van der Waals surface area contributed by atoms with Gasteiger partial charge in [-0.3, -0.25) is 19.3 Å². The Morgan fingerprint density at radius 1 is 1.30 bits per heavy atom. The van der Waals surface area contributed by atoms with Gasteiger partial charge in [-0.25, -0.2) is 9.69 Å². The predicted octanol–water partition coefficient (Wildman–Crippen LogP) is -0.499. The molecule has 0 spiro atoms. The quantitative estimate of drug-likeness (QED) is 0.384. The van der Waals surface area contributed by atoms with Gasteiger partial charge in [0.25, 0.3) is 0 Å². The second-order valence-corrected chi connectivity index (χ2v) is 5.39. The number of amides is 5. The SMILES string of the molecule is C=CCN1C(=O)C(=O)N(CC(=O)NCC2CCCNC2)C1=O.Cl. The van der Waals surface area contributed by atoms with Crippen LogP contribution in [0.5, 0.6) is 0 Å². The molecule has 9 heteroatoms. The molecule has 1 atom stereocenters. The maximum absolute atomic E-state index is 11.9. The highest BCUT2D eigenvalue weighted by atomic mass is 35.5. The number of rotatable bonds is 6. The van der Waals surface area contributed by atoms with Crippen LogP contribution < -0.4 is 10.6 Å². The van der Waals surface area contributed by atoms with Gasteiger partial charge in [0.2, 0.25) is 5.91 Å². The highest BCUT2D eigenvalue weighted by Gasteiger charge is 2.44. The summed E-state index contributed by atoms with van der Waals surface area (Å²) in [6.07, 6.45) is 3.44. The van der Waals surface area contributed by atoms with Crippen LogP contribution in [0.15, 0.2) is 12.7 Å². The van der Waals surface area contributed by atoms with E-state index in [1.165, 1.54) is 6.08 Å². The van der Waals surface area contributed by atoms with Crippen LogP contribution in [0.25, 0.3) is 0 Å². The van der Waals surface area contributed by atoms with Gasteiger partial charge in [-0.05, 0) is 31.8 Å². The molecule has 8 nitrogen and oxygen atoms in total. The average molecular weight is 345 g/mol. The van der Waals surface area contributed by atoms with Crippen LogP contribution in [0.3, 0.4) is 0 Å². The molecule has 5 amide bonds. The standard InChI is InChI=1S/C14H20N4O4.ClH/c1-2-6-17-12(20)13(21)18(14(17)22)9-11(19)16-8-10-4-3-5-15-7-10;/h2,10,15H,1,3-9H2,(H,16,19);1H. The number of carbonyl (C=O) groups excluding carboxylic acids is 4. The molecule has 0 bridgehead atoms. The Labute approximate surface area is 140 Å². The number of carbonyl (C=O) groups is 4. The molecule has 2 aliphatic heterocycles. The molecule has 0 saturated carbocycles. The molecule has 2 rings (SSSR count). The Kier molecular flexibility index (Phi) is 7.18. The molecule has 0 radical (unpaired) electrons. The van der Waals surface area contributed by atoms with E-state index in [1.54, 1.807) is 0 Å². The third-order valence-electron chi connectivity index (χ3n) is 3.74. The predicted molar refractivity (Wildman–Crippen MR) is 84.9 cm³/mol. The molecule has 0 aromatic heterocycles. The van der Waals surface area contributed by atoms with Gasteiger partial charge in [-0.15, -0.1) is 19.0 Å². The van der Waals surface area contributed by atoms with Crippen LogP contribution >= 0.6 is 12.4 Å². The Hall–Kier alpha value is -1.93. The smallest absolute Gasteiger partial charge is 0.335 e. The first-order chi connectivity index (χ1) is 10.5. The lowest BCUT2D eigenvalue weighted by atomic mass is 10.00. The van der Waals surface area contributed by atoms with Gasteiger partial charge in [-0.2, -0.15) is 0 Å². The van der Waals surface area contributed by atoms with E-state index in [9.17, 15) is 19.2 Å². The van der Waals surface area contributed by atoms with Gasteiger partial charge in [0.05, 0.1) is 0 Å². The first-order valence-electron chi connectivity index (χ1n) is 7.30. The van der Waals surface area contributed by atoms with E-state index in [1.807, 2.05) is 0 Å². The van der Waals surface area contributed by atoms with Crippen molar-refractivity contribution in [2.75, 3.05) is 32.7 Å². The molecular formula is C14H21ClN4O4. The molecule has 1 unspecified atom stereocenters. The number of urea groups is 1. The van der Waals surface area contributed by atoms with Crippen molar-refractivity contribution < 1.29 is 19.2 Å². The zero-order valence-corrected chi connectivity index (χ0v) is 13.6. The lowest BCUT2D eigenvalue weighted by Crippen LogP contribution is -2.44. The van der Waals surface area contributed by atoms with Gasteiger partial charge < -0.3 is 10.6 Å². The molecule has 23 heavy (non-hydrogen) atoms. The number of nitrogens with one attached hydrogen (secondary N) is 2. The third-order valence-corrected chi connectivity index (χ3v) is 3.74. The molecule has 0 aliphatic carbocycles. The second kappa shape index (κ2) is 8.64. The largest absolute Gasteiger partial charge is 0.354 e. The maximum Gasteiger partial charge on any atom is 0.335 e. The van der Waals surface area contributed by atoms with Gasteiger partial charge >= 0.3 is 17.8 Å². The van der Waals surface area contributed by atoms with Crippen LogP contribution in [0.1, 0.15) is 12.8 Å². The second-order valence-electron chi connectivity index (χ2n) is 5.39. The Morgan fingerprint density at radius 3 is 2.61 bits per heavy atom. The van der Waals surface area contributed by atoms with Crippen molar-refractivity contribution in [3.63, 3.8) is 0 Å². The van der Waals surface area contributed by atoms with Crippen LogP contribution in [0, 0.1) is 5.92 Å². The number of hydrogen-bond donors (Lipinski definition) is 2. The lowest BCUT2D eigenvalue weighted by molar-refractivity contribution is -0.143. The summed E-state index contributed by atoms with van der Waals surface area (Å²) in [6.45, 7) is 5.27. The minimum Gasteiger partial charge on any atom is -0.354 e. The van der Waals surface area contributed by atoms with E-state index in [-0.39, 0.29) is 19.0 Å². The molecule has 2 saturated heterocycles. The molecule has 0 aromatic rings. The molecule has 0 aromatic carbocycles. The first kappa shape index (κ1) is 19.1. The number of imide groups is 2. The van der Waals surface area contributed by atoms with Crippen molar-refractivity contribution in [2.24, 2.45) is 5.92 Å². The van der Waals surface area contributed by atoms with Gasteiger partial charge in [0.15, 0.2) is 0 Å². The van der Waals surface area contributed by atoms with Crippen molar-refractivity contribution >= 4 is 36.2 Å². The summed E-state index contributed by atoms with van der Waals surface area (Å²) in [6, 6.07) is -0.774. The topological polar surface area (TPSA) is 98.8 Å². The third kappa shape index (κ3) is 4.52. The summed E-state index contributed by atoms with van der Waals surface area (Å²) in [4.78, 5) is 48.6. The Morgan fingerprint density at radius 2 is 2.00 bits per heavy atom. The summed E-state index contributed by atoms with van der Waals surface area (Å²) in [7, 11) is 0. The normalized spacial score (nSPS) is 21.2. The molecule has 2 N–H and O–H groups in total. The maximum atomic E-state index is 11.9. The van der Waals surface area contributed by atoms with E-state index < -0.39 is 30.3 Å². The first-order valence-corrected chi connectivity index (χ1v) is 7.30. The number of piperidine rings is 1. The fourth-order valence-corrected chi connectivity index (χ4v) is 2.54. The fraction of sp³-hybridized carbons (Fsp3) is 0.571. The van der Waals surface area contributed by atoms with Gasteiger partial charge in [0.1, 0.15) is 6.54 Å². The van der Waals surface area contributed by atoms with Crippen molar-refractivity contribution in [3.8, 4) is 0 Å². The minimum atomic E-state index is -0.971.